The van der Waals surface area contributed by atoms with Gasteiger partial charge in [0, 0.05) is 21.3 Å². The zero-order valence-electron chi connectivity index (χ0n) is 11.6. The number of aliphatic hydroxyl groups excluding tert-OH is 1. The Kier molecular flexibility index (Phi) is 4.57. The largest absolute Gasteiger partial charge is 0.387 e. The van der Waals surface area contributed by atoms with Gasteiger partial charge >= 0.3 is 0 Å². The second-order valence-electron chi connectivity index (χ2n) is 4.89. The Labute approximate surface area is 140 Å². The van der Waals surface area contributed by atoms with Gasteiger partial charge in [-0.15, -0.1) is 11.3 Å². The van der Waals surface area contributed by atoms with Gasteiger partial charge in [-0.25, -0.2) is 0 Å². The van der Waals surface area contributed by atoms with Crippen molar-refractivity contribution in [1.82, 2.24) is 5.32 Å². The molecule has 3 nitrogen and oxygen atoms in total. The van der Waals surface area contributed by atoms with Gasteiger partial charge in [0.05, 0.1) is 11.7 Å². The smallest absolute Gasteiger partial charge is 0.252 e. The standard InChI is InChI=1S/C17H14BrNO2S/c18-14-7-3-1-6-12(14)17(21)19-9-15(20)13-10-22-16-8-4-2-5-11(13)16/h1-8,10,15,20H,9H2,(H,19,21). The zero-order valence-corrected chi connectivity index (χ0v) is 14.0. The second kappa shape index (κ2) is 6.60. The predicted molar refractivity (Wildman–Crippen MR) is 93.3 cm³/mol. The van der Waals surface area contributed by atoms with Gasteiger partial charge < -0.3 is 10.4 Å². The van der Waals surface area contributed by atoms with Crippen LogP contribution in [0.2, 0.25) is 0 Å². The molecule has 1 aromatic heterocycles. The van der Waals surface area contributed by atoms with E-state index in [1.54, 1.807) is 17.4 Å². The summed E-state index contributed by atoms with van der Waals surface area (Å²) < 4.78 is 1.87. The van der Waals surface area contributed by atoms with Crippen molar-refractivity contribution in [2.75, 3.05) is 6.54 Å². The summed E-state index contributed by atoms with van der Waals surface area (Å²) in [6.45, 7) is 0.181. The lowest BCUT2D eigenvalue weighted by Gasteiger charge is -2.12. The summed E-state index contributed by atoms with van der Waals surface area (Å²) in [5.41, 5.74) is 1.41. The molecule has 112 valence electrons. The zero-order chi connectivity index (χ0) is 15.5. The minimum absolute atomic E-state index is 0.181. The quantitative estimate of drug-likeness (QED) is 0.720. The highest BCUT2D eigenvalue weighted by atomic mass is 79.9. The molecule has 0 fully saturated rings. The van der Waals surface area contributed by atoms with Crippen LogP contribution in [0.4, 0.5) is 0 Å². The molecular weight excluding hydrogens is 362 g/mol. The normalized spacial score (nSPS) is 12.3. The number of carbonyl (C=O) groups is 1. The highest BCUT2D eigenvalue weighted by molar-refractivity contribution is 9.10. The molecule has 2 N–H and O–H groups in total. The van der Waals surface area contributed by atoms with Crippen molar-refractivity contribution in [3.63, 3.8) is 0 Å². The number of rotatable bonds is 4. The number of halogens is 1. The number of fused-ring (bicyclic) bond motifs is 1. The van der Waals surface area contributed by atoms with Crippen molar-refractivity contribution in [1.29, 1.82) is 0 Å². The van der Waals surface area contributed by atoms with E-state index in [1.807, 2.05) is 47.8 Å². The molecule has 1 amide bonds. The third-order valence-electron chi connectivity index (χ3n) is 3.44. The van der Waals surface area contributed by atoms with Gasteiger partial charge in [-0.1, -0.05) is 30.3 Å². The fourth-order valence-electron chi connectivity index (χ4n) is 2.30. The Balaban J connectivity index is 1.71. The molecule has 3 rings (SSSR count). The van der Waals surface area contributed by atoms with E-state index in [1.165, 1.54) is 0 Å². The molecule has 0 aliphatic rings. The number of carbonyl (C=O) groups excluding carboxylic acids is 1. The molecule has 0 spiro atoms. The molecule has 1 unspecified atom stereocenters. The summed E-state index contributed by atoms with van der Waals surface area (Å²) in [6, 6.07) is 15.2. The van der Waals surface area contributed by atoms with Crippen LogP contribution in [0, 0.1) is 0 Å². The van der Waals surface area contributed by atoms with Crippen LogP contribution in [-0.2, 0) is 0 Å². The Morgan fingerprint density at radius 1 is 1.18 bits per heavy atom. The number of amides is 1. The number of nitrogens with one attached hydrogen (secondary N) is 1. The van der Waals surface area contributed by atoms with Crippen LogP contribution in [0.3, 0.4) is 0 Å². The van der Waals surface area contributed by atoms with Gasteiger partial charge in [0.25, 0.3) is 5.91 Å². The minimum atomic E-state index is -0.720. The van der Waals surface area contributed by atoms with Crippen molar-refractivity contribution < 1.29 is 9.90 Å². The van der Waals surface area contributed by atoms with Crippen LogP contribution >= 0.6 is 27.3 Å². The van der Waals surface area contributed by atoms with Crippen LogP contribution in [0.25, 0.3) is 10.1 Å². The summed E-state index contributed by atoms with van der Waals surface area (Å²) >= 11 is 4.95. The van der Waals surface area contributed by atoms with E-state index in [0.717, 1.165) is 20.1 Å². The molecule has 2 aromatic carbocycles. The molecule has 0 bridgehead atoms. The Hall–Kier alpha value is -1.69. The van der Waals surface area contributed by atoms with Crippen molar-refractivity contribution >= 4 is 43.3 Å². The van der Waals surface area contributed by atoms with E-state index < -0.39 is 6.10 Å². The fourth-order valence-corrected chi connectivity index (χ4v) is 3.77. The Bertz CT molecular complexity index is 815. The SMILES string of the molecule is O=C(NCC(O)c1csc2ccccc12)c1ccccc1Br. The second-order valence-corrected chi connectivity index (χ2v) is 6.66. The van der Waals surface area contributed by atoms with Crippen molar-refractivity contribution in [3.8, 4) is 0 Å². The third kappa shape index (κ3) is 3.06. The van der Waals surface area contributed by atoms with E-state index in [9.17, 15) is 9.90 Å². The predicted octanol–water partition coefficient (Wildman–Crippen LogP) is 4.13. The first-order valence-corrected chi connectivity index (χ1v) is 8.51. The maximum atomic E-state index is 12.2. The van der Waals surface area contributed by atoms with Crippen LogP contribution in [0.5, 0.6) is 0 Å². The molecule has 5 heteroatoms. The molecular formula is C17H14BrNO2S. The molecule has 0 aliphatic carbocycles. The summed E-state index contributed by atoms with van der Waals surface area (Å²) in [6.07, 6.45) is -0.720. The molecule has 0 aliphatic heterocycles. The summed E-state index contributed by atoms with van der Waals surface area (Å²) in [4.78, 5) is 12.2. The first-order chi connectivity index (χ1) is 10.7. The van der Waals surface area contributed by atoms with Crippen LogP contribution in [0.15, 0.2) is 58.4 Å². The average molecular weight is 376 g/mol. The lowest BCUT2D eigenvalue weighted by molar-refractivity contribution is 0.0916. The summed E-state index contributed by atoms with van der Waals surface area (Å²) in [5, 5.41) is 16.1. The van der Waals surface area contributed by atoms with Crippen LogP contribution in [0.1, 0.15) is 22.0 Å². The van der Waals surface area contributed by atoms with Crippen molar-refractivity contribution in [2.24, 2.45) is 0 Å². The molecule has 0 saturated heterocycles. The Morgan fingerprint density at radius 3 is 2.73 bits per heavy atom. The topological polar surface area (TPSA) is 49.3 Å². The first-order valence-electron chi connectivity index (χ1n) is 6.83. The van der Waals surface area contributed by atoms with Gasteiger partial charge in [-0.3, -0.25) is 4.79 Å². The number of aliphatic hydroxyl groups is 1. The molecule has 1 atom stereocenters. The van der Waals surface area contributed by atoms with Gasteiger partial charge in [0.1, 0.15) is 0 Å². The number of hydrogen-bond acceptors (Lipinski definition) is 3. The van der Waals surface area contributed by atoms with Crippen molar-refractivity contribution in [2.45, 2.75) is 6.10 Å². The Morgan fingerprint density at radius 2 is 1.91 bits per heavy atom. The van der Waals surface area contributed by atoms with Crippen molar-refractivity contribution in [3.05, 3.63) is 69.5 Å². The molecule has 1 heterocycles. The van der Waals surface area contributed by atoms with E-state index in [2.05, 4.69) is 21.2 Å². The fraction of sp³-hybridized carbons (Fsp3) is 0.118. The molecule has 3 aromatic rings. The van der Waals surface area contributed by atoms with Gasteiger partial charge in [-0.05, 0) is 44.9 Å². The summed E-state index contributed by atoms with van der Waals surface area (Å²) in [5.74, 6) is -0.203. The highest BCUT2D eigenvalue weighted by Crippen LogP contribution is 2.29. The minimum Gasteiger partial charge on any atom is -0.387 e. The lowest BCUT2D eigenvalue weighted by Crippen LogP contribution is -2.28. The molecule has 22 heavy (non-hydrogen) atoms. The number of thiophene rings is 1. The molecule has 0 radical (unpaired) electrons. The van der Waals surface area contributed by atoms with E-state index >= 15 is 0 Å². The highest BCUT2D eigenvalue weighted by Gasteiger charge is 2.15. The van der Waals surface area contributed by atoms with Gasteiger partial charge in [0.15, 0.2) is 0 Å². The first kappa shape index (κ1) is 15.2. The van der Waals surface area contributed by atoms with E-state index in [4.69, 9.17) is 0 Å². The third-order valence-corrected chi connectivity index (χ3v) is 5.12. The van der Waals surface area contributed by atoms with E-state index in [-0.39, 0.29) is 12.5 Å². The van der Waals surface area contributed by atoms with E-state index in [0.29, 0.717) is 5.56 Å². The summed E-state index contributed by atoms with van der Waals surface area (Å²) in [7, 11) is 0. The van der Waals surface area contributed by atoms with Gasteiger partial charge in [0.2, 0.25) is 0 Å². The number of hydrogen-bond donors (Lipinski definition) is 2. The van der Waals surface area contributed by atoms with Crippen LogP contribution < -0.4 is 5.32 Å². The monoisotopic (exact) mass is 375 g/mol. The van der Waals surface area contributed by atoms with Crippen LogP contribution in [-0.4, -0.2) is 17.6 Å². The molecule has 0 saturated carbocycles. The number of benzene rings is 2. The maximum absolute atomic E-state index is 12.2. The average Bonchev–Trinajstić information content (AvgIpc) is 2.97. The maximum Gasteiger partial charge on any atom is 0.252 e. The van der Waals surface area contributed by atoms with Gasteiger partial charge in [-0.2, -0.15) is 0 Å². The lowest BCUT2D eigenvalue weighted by atomic mass is 10.1.